The molecular weight excluding hydrogens is 379 g/mol. The number of hydrogen-bond donors (Lipinski definition) is 1. The second-order valence-corrected chi connectivity index (χ2v) is 7.11. The third kappa shape index (κ3) is 5.55. The molecule has 0 aromatic heterocycles. The molecule has 1 atom stereocenters. The van der Waals surface area contributed by atoms with Crippen molar-refractivity contribution in [2.24, 2.45) is 0 Å². The maximum Gasteiger partial charge on any atom is 0.242 e. The molecule has 0 aliphatic rings. The minimum Gasteiger partial charge on any atom is -0.355 e. The molecule has 28 heavy (non-hydrogen) atoms. The normalized spacial score (nSPS) is 11.8. The van der Waals surface area contributed by atoms with Crippen LogP contribution in [0.4, 0.5) is 4.39 Å². The highest BCUT2D eigenvalue weighted by Crippen LogP contribution is 2.22. The fourth-order valence-corrected chi connectivity index (χ4v) is 3.29. The van der Waals surface area contributed by atoms with Gasteiger partial charge in [0, 0.05) is 23.7 Å². The Morgan fingerprint density at radius 3 is 2.39 bits per heavy atom. The van der Waals surface area contributed by atoms with E-state index in [1.807, 2.05) is 45.0 Å². The average Bonchev–Trinajstić information content (AvgIpc) is 2.66. The van der Waals surface area contributed by atoms with Crippen LogP contribution in [0.2, 0.25) is 5.02 Å². The lowest BCUT2D eigenvalue weighted by molar-refractivity contribution is -0.140. The molecule has 0 saturated carbocycles. The van der Waals surface area contributed by atoms with Crippen molar-refractivity contribution in [1.82, 2.24) is 10.2 Å². The molecule has 0 aliphatic heterocycles. The van der Waals surface area contributed by atoms with Gasteiger partial charge in [-0.05, 0) is 38.0 Å². The maximum atomic E-state index is 14.2. The molecule has 150 valence electrons. The second kappa shape index (κ2) is 10.2. The van der Waals surface area contributed by atoms with Crippen molar-refractivity contribution in [3.05, 3.63) is 70.0 Å². The van der Waals surface area contributed by atoms with E-state index in [4.69, 9.17) is 11.6 Å². The van der Waals surface area contributed by atoms with Gasteiger partial charge in [0.05, 0.1) is 6.42 Å². The summed E-state index contributed by atoms with van der Waals surface area (Å²) in [5.74, 6) is -1.09. The Morgan fingerprint density at radius 2 is 1.82 bits per heavy atom. The van der Waals surface area contributed by atoms with Crippen LogP contribution in [0.15, 0.2) is 42.5 Å². The van der Waals surface area contributed by atoms with Crippen LogP contribution in [0, 0.1) is 12.7 Å². The Balaban J connectivity index is 2.33. The van der Waals surface area contributed by atoms with Gasteiger partial charge in [-0.15, -0.1) is 0 Å². The van der Waals surface area contributed by atoms with Crippen molar-refractivity contribution in [3.63, 3.8) is 0 Å². The van der Waals surface area contributed by atoms with E-state index < -0.39 is 11.9 Å². The highest BCUT2D eigenvalue weighted by atomic mass is 35.5. The maximum absolute atomic E-state index is 14.2. The summed E-state index contributed by atoms with van der Waals surface area (Å²) in [4.78, 5) is 27.2. The topological polar surface area (TPSA) is 49.4 Å². The summed E-state index contributed by atoms with van der Waals surface area (Å²) in [6, 6.07) is 11.5. The second-order valence-electron chi connectivity index (χ2n) is 6.70. The molecule has 1 N–H and O–H groups in total. The molecule has 0 fully saturated rings. The number of rotatable bonds is 8. The van der Waals surface area contributed by atoms with E-state index in [1.54, 1.807) is 6.07 Å². The highest BCUT2D eigenvalue weighted by Gasteiger charge is 2.29. The van der Waals surface area contributed by atoms with Gasteiger partial charge in [-0.3, -0.25) is 9.59 Å². The lowest BCUT2D eigenvalue weighted by atomic mass is 10.1. The molecular formula is C22H26ClFN2O2. The van der Waals surface area contributed by atoms with Crippen LogP contribution >= 0.6 is 11.6 Å². The number of aryl methyl sites for hydroxylation is 1. The molecule has 0 radical (unpaired) electrons. The third-order valence-corrected chi connectivity index (χ3v) is 4.95. The van der Waals surface area contributed by atoms with E-state index in [0.29, 0.717) is 13.0 Å². The molecule has 4 nitrogen and oxygen atoms in total. The van der Waals surface area contributed by atoms with Gasteiger partial charge in [0.15, 0.2) is 0 Å². The third-order valence-electron chi connectivity index (χ3n) is 4.60. The van der Waals surface area contributed by atoms with Gasteiger partial charge in [-0.2, -0.15) is 0 Å². The molecule has 0 bridgehead atoms. The van der Waals surface area contributed by atoms with Gasteiger partial charge >= 0.3 is 0 Å². The Bertz CT molecular complexity index is 804. The smallest absolute Gasteiger partial charge is 0.242 e. The molecule has 2 amide bonds. The van der Waals surface area contributed by atoms with Gasteiger partial charge in [0.25, 0.3) is 0 Å². The number of benzene rings is 2. The zero-order valence-electron chi connectivity index (χ0n) is 16.5. The first kappa shape index (κ1) is 21.9. The number of nitrogens with zero attached hydrogens (tertiary/aromatic N) is 1. The molecule has 1 unspecified atom stereocenters. The van der Waals surface area contributed by atoms with Crippen LogP contribution in [-0.2, 0) is 22.6 Å². The predicted molar refractivity (Wildman–Crippen MR) is 110 cm³/mol. The zero-order valence-corrected chi connectivity index (χ0v) is 17.2. The van der Waals surface area contributed by atoms with Crippen LogP contribution in [0.3, 0.4) is 0 Å². The van der Waals surface area contributed by atoms with Crippen molar-refractivity contribution in [2.75, 3.05) is 6.54 Å². The Kier molecular flexibility index (Phi) is 8.00. The lowest BCUT2D eigenvalue weighted by Gasteiger charge is -2.31. The van der Waals surface area contributed by atoms with Gasteiger partial charge in [-0.1, -0.05) is 54.4 Å². The van der Waals surface area contributed by atoms with Crippen LogP contribution in [0.1, 0.15) is 37.0 Å². The quantitative estimate of drug-likeness (QED) is 0.714. The van der Waals surface area contributed by atoms with Crippen molar-refractivity contribution in [3.8, 4) is 0 Å². The minimum absolute atomic E-state index is 0.147. The van der Waals surface area contributed by atoms with Gasteiger partial charge in [0.1, 0.15) is 11.9 Å². The lowest BCUT2D eigenvalue weighted by Crippen LogP contribution is -2.49. The fraction of sp³-hybridized carbons (Fsp3) is 0.364. The van der Waals surface area contributed by atoms with Gasteiger partial charge < -0.3 is 10.2 Å². The summed E-state index contributed by atoms with van der Waals surface area (Å²) in [6.07, 6.45) is 0.252. The van der Waals surface area contributed by atoms with Crippen LogP contribution in [0.5, 0.6) is 0 Å². The van der Waals surface area contributed by atoms with E-state index >= 15 is 0 Å². The van der Waals surface area contributed by atoms with E-state index in [0.717, 1.165) is 11.1 Å². The Morgan fingerprint density at radius 1 is 1.14 bits per heavy atom. The predicted octanol–water partition coefficient (Wildman–Crippen LogP) is 4.27. The van der Waals surface area contributed by atoms with E-state index in [-0.39, 0.29) is 35.4 Å². The highest BCUT2D eigenvalue weighted by molar-refractivity contribution is 6.31. The first-order valence-electron chi connectivity index (χ1n) is 9.42. The van der Waals surface area contributed by atoms with Crippen LogP contribution in [0.25, 0.3) is 0 Å². The first-order valence-corrected chi connectivity index (χ1v) is 9.80. The number of nitrogens with one attached hydrogen (secondary N) is 1. The SMILES string of the molecule is CCNC(=O)C(CC)N(Cc1ccc(C)cc1)C(=O)Cc1c(F)cccc1Cl. The van der Waals surface area contributed by atoms with Crippen molar-refractivity contribution in [2.45, 2.75) is 46.2 Å². The van der Waals surface area contributed by atoms with Crippen LogP contribution < -0.4 is 5.32 Å². The minimum atomic E-state index is -0.640. The summed E-state index contributed by atoms with van der Waals surface area (Å²) in [6.45, 7) is 6.40. The Labute approximate surface area is 170 Å². The monoisotopic (exact) mass is 404 g/mol. The summed E-state index contributed by atoms with van der Waals surface area (Å²) in [7, 11) is 0. The zero-order chi connectivity index (χ0) is 20.7. The summed E-state index contributed by atoms with van der Waals surface area (Å²) in [5.41, 5.74) is 2.16. The van der Waals surface area contributed by atoms with Crippen molar-refractivity contribution >= 4 is 23.4 Å². The number of likely N-dealkylation sites (N-methyl/N-ethyl adjacent to an activating group) is 1. The fourth-order valence-electron chi connectivity index (χ4n) is 3.06. The average molecular weight is 405 g/mol. The molecule has 6 heteroatoms. The van der Waals surface area contributed by atoms with Crippen LogP contribution in [-0.4, -0.2) is 29.3 Å². The Hall–Kier alpha value is -2.40. The number of hydrogen-bond acceptors (Lipinski definition) is 2. The van der Waals surface area contributed by atoms with E-state index in [2.05, 4.69) is 5.32 Å². The summed E-state index contributed by atoms with van der Waals surface area (Å²) in [5, 5.41) is 2.98. The van der Waals surface area contributed by atoms with Gasteiger partial charge in [0.2, 0.25) is 11.8 Å². The number of halogens is 2. The summed E-state index contributed by atoms with van der Waals surface area (Å²) >= 11 is 6.09. The van der Waals surface area contributed by atoms with Gasteiger partial charge in [-0.25, -0.2) is 4.39 Å². The number of carbonyl (C=O) groups is 2. The molecule has 0 aliphatic carbocycles. The standard InChI is InChI=1S/C22H26ClFN2O2/c1-4-20(22(28)25-5-2)26(14-16-11-9-15(3)10-12-16)21(27)13-17-18(23)7-6-8-19(17)24/h6-12,20H,4-5,13-14H2,1-3H3,(H,25,28). The molecule has 2 aromatic rings. The molecule has 2 rings (SSSR count). The molecule has 0 saturated heterocycles. The van der Waals surface area contributed by atoms with E-state index in [1.165, 1.54) is 17.0 Å². The van der Waals surface area contributed by atoms with E-state index in [9.17, 15) is 14.0 Å². The largest absolute Gasteiger partial charge is 0.355 e. The summed E-state index contributed by atoms with van der Waals surface area (Å²) < 4.78 is 14.2. The molecule has 2 aromatic carbocycles. The molecule has 0 spiro atoms. The van der Waals surface area contributed by atoms with Crippen molar-refractivity contribution in [1.29, 1.82) is 0 Å². The number of carbonyl (C=O) groups excluding carboxylic acids is 2. The number of amides is 2. The van der Waals surface area contributed by atoms with Crippen molar-refractivity contribution < 1.29 is 14.0 Å². The molecule has 0 heterocycles. The first-order chi connectivity index (χ1) is 13.4.